The Morgan fingerprint density at radius 2 is 1.88 bits per heavy atom. The van der Waals surface area contributed by atoms with E-state index in [1.807, 2.05) is 48.7 Å². The fourth-order valence-electron chi connectivity index (χ4n) is 3.93. The third-order valence-electron chi connectivity index (χ3n) is 5.61. The summed E-state index contributed by atoms with van der Waals surface area (Å²) >= 11 is 18.4. The number of H-pyrrole nitrogens is 1. The minimum Gasteiger partial charge on any atom is -0.361 e. The summed E-state index contributed by atoms with van der Waals surface area (Å²) in [5.41, 5.74) is 4.45. The molecule has 0 fully saturated rings. The summed E-state index contributed by atoms with van der Waals surface area (Å²) in [5, 5.41) is 8.56. The quantitative estimate of drug-likeness (QED) is 0.315. The van der Waals surface area contributed by atoms with E-state index in [-0.39, 0.29) is 11.0 Å². The summed E-state index contributed by atoms with van der Waals surface area (Å²) in [6.45, 7) is 0. The van der Waals surface area contributed by atoms with E-state index in [4.69, 9.17) is 40.4 Å². The van der Waals surface area contributed by atoms with Crippen LogP contribution in [0, 0.1) is 0 Å². The number of likely N-dealkylation sites (N-methyl/N-ethyl adjacent to an activating group) is 1. The first kappa shape index (κ1) is 22.4. The van der Waals surface area contributed by atoms with Gasteiger partial charge in [0.25, 0.3) is 5.91 Å². The van der Waals surface area contributed by atoms with E-state index in [9.17, 15) is 4.79 Å². The lowest BCUT2D eigenvalue weighted by molar-refractivity contribution is -0.119. The standard InChI is InChI=1S/C25H19Cl2N5OS/c1-32-21-9-6-15(26)13-18(21)22(17-4-2-3-5-19(17)27)30-23(24(32)33)31-25(34)29-16-7-8-20-14(12-16)10-11-28-20/h2-13,23,28H,1H3,(H2,29,31,34). The molecule has 0 saturated carbocycles. The number of hydrogen-bond donors (Lipinski definition) is 3. The number of carbonyl (C=O) groups is 1. The van der Waals surface area contributed by atoms with E-state index in [2.05, 4.69) is 15.6 Å². The lowest BCUT2D eigenvalue weighted by atomic mass is 10.00. The van der Waals surface area contributed by atoms with Crippen molar-refractivity contribution in [2.24, 2.45) is 4.99 Å². The maximum atomic E-state index is 13.4. The van der Waals surface area contributed by atoms with E-state index in [1.165, 1.54) is 0 Å². The second-order valence-corrected chi connectivity index (χ2v) is 9.05. The van der Waals surface area contributed by atoms with Crippen LogP contribution < -0.4 is 15.5 Å². The minimum atomic E-state index is -0.974. The monoisotopic (exact) mass is 507 g/mol. The predicted molar refractivity (Wildman–Crippen MR) is 143 cm³/mol. The minimum absolute atomic E-state index is 0.268. The zero-order valence-electron chi connectivity index (χ0n) is 18.0. The zero-order valence-corrected chi connectivity index (χ0v) is 20.3. The fourth-order valence-corrected chi connectivity index (χ4v) is 4.56. The zero-order chi connectivity index (χ0) is 23.8. The van der Waals surface area contributed by atoms with Crippen molar-refractivity contribution in [3.05, 3.63) is 94.1 Å². The molecule has 0 saturated heterocycles. The molecule has 3 N–H and O–H groups in total. The van der Waals surface area contributed by atoms with Gasteiger partial charge in [0.1, 0.15) is 0 Å². The van der Waals surface area contributed by atoms with Crippen LogP contribution in [0.5, 0.6) is 0 Å². The van der Waals surface area contributed by atoms with Gasteiger partial charge < -0.3 is 20.5 Å². The number of rotatable bonds is 3. The normalized spacial score (nSPS) is 15.5. The number of fused-ring (bicyclic) bond motifs is 2. The lowest BCUT2D eigenvalue weighted by Gasteiger charge is -2.22. The molecule has 1 aromatic heterocycles. The average Bonchev–Trinajstić information content (AvgIpc) is 3.26. The first-order valence-corrected chi connectivity index (χ1v) is 11.6. The Hall–Kier alpha value is -3.39. The predicted octanol–water partition coefficient (Wildman–Crippen LogP) is 5.60. The molecule has 9 heteroatoms. The van der Waals surface area contributed by atoms with Crippen LogP contribution in [0.3, 0.4) is 0 Å². The Kier molecular flexibility index (Phi) is 6.00. The molecular formula is C25H19Cl2N5OS. The van der Waals surface area contributed by atoms with Crippen molar-refractivity contribution in [1.82, 2.24) is 10.3 Å². The molecule has 3 aromatic carbocycles. The molecule has 1 amide bonds. The molecule has 1 aliphatic rings. The molecule has 5 rings (SSSR count). The summed E-state index contributed by atoms with van der Waals surface area (Å²) < 4.78 is 0. The number of aliphatic imine (C=N–C) groups is 1. The Morgan fingerprint density at radius 1 is 1.06 bits per heavy atom. The van der Waals surface area contributed by atoms with Crippen LogP contribution in [0.4, 0.5) is 11.4 Å². The van der Waals surface area contributed by atoms with Crippen LogP contribution in [0.1, 0.15) is 11.1 Å². The van der Waals surface area contributed by atoms with Crippen molar-refractivity contribution in [1.29, 1.82) is 0 Å². The number of anilines is 2. The molecule has 1 unspecified atom stereocenters. The highest BCUT2D eigenvalue weighted by Crippen LogP contribution is 2.31. The number of thiocarbonyl (C=S) groups is 1. The highest BCUT2D eigenvalue weighted by Gasteiger charge is 2.31. The maximum absolute atomic E-state index is 13.4. The van der Waals surface area contributed by atoms with Gasteiger partial charge in [-0.15, -0.1) is 0 Å². The van der Waals surface area contributed by atoms with Gasteiger partial charge in [0, 0.05) is 51.0 Å². The van der Waals surface area contributed by atoms with Crippen LogP contribution >= 0.6 is 35.4 Å². The van der Waals surface area contributed by atoms with Crippen molar-refractivity contribution in [3.63, 3.8) is 0 Å². The molecule has 4 aromatic rings. The molecule has 2 heterocycles. The molecule has 34 heavy (non-hydrogen) atoms. The van der Waals surface area contributed by atoms with E-state index >= 15 is 0 Å². The van der Waals surface area contributed by atoms with Gasteiger partial charge >= 0.3 is 0 Å². The molecule has 0 bridgehead atoms. The first-order chi connectivity index (χ1) is 16.4. The number of hydrogen-bond acceptors (Lipinski definition) is 3. The van der Waals surface area contributed by atoms with Crippen LogP contribution in [0.25, 0.3) is 10.9 Å². The average molecular weight is 508 g/mol. The molecule has 6 nitrogen and oxygen atoms in total. The third-order valence-corrected chi connectivity index (χ3v) is 6.39. The van der Waals surface area contributed by atoms with Crippen LogP contribution in [0.2, 0.25) is 10.0 Å². The number of nitrogens with one attached hydrogen (secondary N) is 3. The summed E-state index contributed by atoms with van der Waals surface area (Å²) in [4.78, 5) is 22.9. The number of amides is 1. The topological polar surface area (TPSA) is 72.5 Å². The molecule has 1 aliphatic heterocycles. The van der Waals surface area contributed by atoms with Crippen molar-refractivity contribution in [3.8, 4) is 0 Å². The molecule has 1 atom stereocenters. The lowest BCUT2D eigenvalue weighted by Crippen LogP contribution is -2.47. The van der Waals surface area contributed by atoms with E-state index in [0.717, 1.165) is 16.6 Å². The largest absolute Gasteiger partial charge is 0.361 e. The molecule has 170 valence electrons. The smallest absolute Gasteiger partial charge is 0.272 e. The van der Waals surface area contributed by atoms with Crippen LogP contribution in [-0.2, 0) is 4.79 Å². The molecular weight excluding hydrogens is 489 g/mol. The van der Waals surface area contributed by atoms with Gasteiger partial charge in [0.2, 0.25) is 6.17 Å². The highest BCUT2D eigenvalue weighted by molar-refractivity contribution is 7.80. The number of halogens is 2. The van der Waals surface area contributed by atoms with E-state index in [0.29, 0.717) is 32.6 Å². The van der Waals surface area contributed by atoms with Gasteiger partial charge in [0.15, 0.2) is 5.11 Å². The Morgan fingerprint density at radius 3 is 2.71 bits per heavy atom. The Labute approximate surface area is 211 Å². The summed E-state index contributed by atoms with van der Waals surface area (Å²) in [6, 6.07) is 20.5. The van der Waals surface area contributed by atoms with Gasteiger partial charge in [-0.2, -0.15) is 0 Å². The third kappa shape index (κ3) is 4.25. The Balaban J connectivity index is 1.51. The molecule has 0 radical (unpaired) electrons. The highest BCUT2D eigenvalue weighted by atomic mass is 35.5. The van der Waals surface area contributed by atoms with Gasteiger partial charge in [-0.3, -0.25) is 4.79 Å². The number of aromatic nitrogens is 1. The Bertz CT molecular complexity index is 1460. The second kappa shape index (κ2) is 9.10. The van der Waals surface area contributed by atoms with Gasteiger partial charge in [-0.05, 0) is 60.7 Å². The maximum Gasteiger partial charge on any atom is 0.272 e. The molecule has 0 spiro atoms. The van der Waals surface area contributed by atoms with Crippen molar-refractivity contribution < 1.29 is 4.79 Å². The summed E-state index contributed by atoms with van der Waals surface area (Å²) in [6.07, 6.45) is 0.901. The number of carbonyl (C=O) groups excluding carboxylic acids is 1. The molecule has 0 aliphatic carbocycles. The second-order valence-electron chi connectivity index (χ2n) is 7.80. The summed E-state index contributed by atoms with van der Waals surface area (Å²) in [5.74, 6) is -0.268. The SMILES string of the molecule is CN1C(=O)C(NC(=S)Nc2ccc3[nH]ccc3c2)N=C(c2ccccc2Cl)c2cc(Cl)ccc21. The number of benzodiazepines with no additional fused rings is 1. The van der Waals surface area contributed by atoms with Gasteiger partial charge in [-0.25, -0.2) is 4.99 Å². The fraction of sp³-hybridized carbons (Fsp3) is 0.0800. The van der Waals surface area contributed by atoms with Crippen molar-refractivity contribution in [2.75, 3.05) is 17.3 Å². The van der Waals surface area contributed by atoms with E-state index in [1.54, 1.807) is 36.2 Å². The van der Waals surface area contributed by atoms with Crippen molar-refractivity contribution in [2.45, 2.75) is 6.17 Å². The number of benzene rings is 3. The van der Waals surface area contributed by atoms with Gasteiger partial charge in [-0.1, -0.05) is 41.4 Å². The van der Waals surface area contributed by atoms with Gasteiger partial charge in [0.05, 0.1) is 11.4 Å². The van der Waals surface area contributed by atoms with Crippen LogP contribution in [-0.4, -0.2) is 34.9 Å². The number of nitrogens with zero attached hydrogens (tertiary/aromatic N) is 2. The van der Waals surface area contributed by atoms with Crippen molar-refractivity contribution >= 4 is 74.4 Å². The summed E-state index contributed by atoms with van der Waals surface area (Å²) in [7, 11) is 1.70. The number of aromatic amines is 1. The first-order valence-electron chi connectivity index (χ1n) is 10.5. The van der Waals surface area contributed by atoms with Crippen LogP contribution in [0.15, 0.2) is 77.9 Å². The van der Waals surface area contributed by atoms with E-state index < -0.39 is 6.17 Å².